The molecule has 8 heteroatoms. The average Bonchev–Trinajstić information content (AvgIpc) is 3.12. The number of hydrogen-bond acceptors (Lipinski definition) is 5. The lowest BCUT2D eigenvalue weighted by Crippen LogP contribution is -2.50. The van der Waals surface area contributed by atoms with E-state index in [2.05, 4.69) is 19.2 Å². The van der Waals surface area contributed by atoms with Crippen LogP contribution in [0.4, 0.5) is 0 Å². The number of amides is 1. The second-order valence-electron chi connectivity index (χ2n) is 16.2. The summed E-state index contributed by atoms with van der Waals surface area (Å²) in [4.78, 5) is 12.6. The molecule has 0 saturated carbocycles. The number of unbranched alkanes of at least 4 members (excludes halogenated alkanes) is 33. The minimum atomic E-state index is -4.44. The van der Waals surface area contributed by atoms with E-state index in [4.69, 9.17) is 0 Å². The summed E-state index contributed by atoms with van der Waals surface area (Å²) in [5, 5.41) is 23.5. The third-order valence-corrected chi connectivity index (χ3v) is 11.6. The van der Waals surface area contributed by atoms with Crippen LogP contribution in [-0.4, -0.2) is 53.1 Å². The maximum absolute atomic E-state index is 12.6. The number of carbonyl (C=O) groups excluding carboxylic acids is 1. The topological polar surface area (TPSA) is 124 Å². The van der Waals surface area contributed by atoms with Crippen LogP contribution in [0.3, 0.4) is 0 Å². The van der Waals surface area contributed by atoms with Crippen molar-refractivity contribution >= 4 is 16.0 Å². The maximum Gasteiger partial charge on any atom is 0.267 e. The first-order chi connectivity index (χ1) is 25.7. The highest BCUT2D eigenvalue weighted by atomic mass is 32.2. The van der Waals surface area contributed by atoms with E-state index in [9.17, 15) is 28.0 Å². The molecule has 7 nitrogen and oxygen atoms in total. The molecule has 4 N–H and O–H groups in total. The van der Waals surface area contributed by atoms with Crippen LogP contribution in [-0.2, 0) is 14.9 Å². The van der Waals surface area contributed by atoms with E-state index in [1.807, 2.05) is 6.08 Å². The summed E-state index contributed by atoms with van der Waals surface area (Å²) in [5.41, 5.74) is 0. The monoisotopic (exact) mass is 772 g/mol. The van der Waals surface area contributed by atoms with Crippen molar-refractivity contribution in [1.29, 1.82) is 0 Å². The van der Waals surface area contributed by atoms with Gasteiger partial charge < -0.3 is 15.5 Å². The second kappa shape index (κ2) is 39.3. The second-order valence-corrected chi connectivity index (χ2v) is 17.7. The molecule has 0 rings (SSSR count). The predicted octanol–water partition coefficient (Wildman–Crippen LogP) is 12.7. The van der Waals surface area contributed by atoms with Crippen molar-refractivity contribution in [3.63, 3.8) is 0 Å². The van der Waals surface area contributed by atoms with Gasteiger partial charge in [-0.15, -0.1) is 0 Å². The smallest absolute Gasteiger partial charge is 0.267 e. The first-order valence-corrected chi connectivity index (χ1v) is 24.6. The van der Waals surface area contributed by atoms with Crippen LogP contribution < -0.4 is 5.32 Å². The molecule has 316 valence electrons. The Bertz CT molecular complexity index is 911. The molecule has 0 spiro atoms. The quantitative estimate of drug-likeness (QED) is 0.0278. The van der Waals surface area contributed by atoms with E-state index in [0.717, 1.165) is 38.5 Å². The van der Waals surface area contributed by atoms with Gasteiger partial charge in [0.05, 0.1) is 17.9 Å². The summed E-state index contributed by atoms with van der Waals surface area (Å²) in [7, 11) is -4.44. The van der Waals surface area contributed by atoms with E-state index >= 15 is 0 Å². The summed E-state index contributed by atoms with van der Waals surface area (Å²) >= 11 is 0. The Kier molecular flexibility index (Phi) is 38.6. The minimum absolute atomic E-state index is 0.286. The van der Waals surface area contributed by atoms with Gasteiger partial charge in [0.1, 0.15) is 6.10 Å². The third-order valence-electron chi connectivity index (χ3n) is 10.8. The zero-order valence-electron chi connectivity index (χ0n) is 35.0. The number of carbonyl (C=O) groups is 1. The highest BCUT2D eigenvalue weighted by Gasteiger charge is 2.27. The third kappa shape index (κ3) is 39.1. The van der Waals surface area contributed by atoms with E-state index in [-0.39, 0.29) is 6.42 Å². The maximum atomic E-state index is 12.6. The molecule has 3 atom stereocenters. The standard InChI is InChI=1S/C45H89NO6S/c1-3-5-7-9-11-13-15-17-19-21-22-23-24-26-28-30-32-34-36-38-40-44(48)45(49)46-42(41-53(50,51)52)43(47)39-37-35-33-31-29-27-25-20-18-16-14-12-10-8-6-4-2/h37,39,42-44,47-48H,3-36,38,40-41H2,1-2H3,(H,46,49)(H,50,51,52)/b39-37+. The molecule has 0 aliphatic heterocycles. The lowest BCUT2D eigenvalue weighted by molar-refractivity contribution is -0.130. The molecule has 0 bridgehead atoms. The number of aliphatic hydroxyl groups is 2. The highest BCUT2D eigenvalue weighted by Crippen LogP contribution is 2.17. The Morgan fingerprint density at radius 2 is 0.811 bits per heavy atom. The summed E-state index contributed by atoms with van der Waals surface area (Å²) in [6.45, 7) is 4.53. The van der Waals surface area contributed by atoms with Gasteiger partial charge in [-0.05, 0) is 19.3 Å². The van der Waals surface area contributed by atoms with Crippen molar-refractivity contribution in [3.8, 4) is 0 Å². The highest BCUT2D eigenvalue weighted by molar-refractivity contribution is 7.85. The van der Waals surface area contributed by atoms with Crippen molar-refractivity contribution in [2.45, 2.75) is 263 Å². The lowest BCUT2D eigenvalue weighted by atomic mass is 10.0. The molecule has 0 aromatic carbocycles. The van der Waals surface area contributed by atoms with Crippen LogP contribution in [0.5, 0.6) is 0 Å². The number of nitrogens with one attached hydrogen (secondary N) is 1. The summed E-state index contributed by atoms with van der Waals surface area (Å²) in [6.07, 6.45) is 45.5. The molecular formula is C45H89NO6S. The van der Waals surface area contributed by atoms with Crippen molar-refractivity contribution < 1.29 is 28.0 Å². The van der Waals surface area contributed by atoms with E-state index in [1.54, 1.807) is 0 Å². The molecular weight excluding hydrogens is 683 g/mol. The van der Waals surface area contributed by atoms with Crippen molar-refractivity contribution in [2.24, 2.45) is 0 Å². The van der Waals surface area contributed by atoms with Gasteiger partial charge in [0.15, 0.2) is 0 Å². The molecule has 0 fully saturated rings. The van der Waals surface area contributed by atoms with Gasteiger partial charge in [0.25, 0.3) is 10.1 Å². The normalized spacial score (nSPS) is 13.8. The van der Waals surface area contributed by atoms with Gasteiger partial charge in [-0.1, -0.05) is 238 Å². The summed E-state index contributed by atoms with van der Waals surface area (Å²) in [6, 6.07) is -1.23. The Labute approximate surface area is 329 Å². The Morgan fingerprint density at radius 1 is 0.509 bits per heavy atom. The first-order valence-electron chi connectivity index (χ1n) is 23.0. The van der Waals surface area contributed by atoms with Crippen LogP contribution in [0.15, 0.2) is 12.2 Å². The van der Waals surface area contributed by atoms with Gasteiger partial charge in [0, 0.05) is 0 Å². The van der Waals surface area contributed by atoms with E-state index < -0.39 is 40.0 Å². The molecule has 0 aromatic heterocycles. The lowest BCUT2D eigenvalue weighted by Gasteiger charge is -2.22. The molecule has 0 aromatic rings. The molecule has 0 heterocycles. The molecule has 0 aliphatic rings. The van der Waals surface area contributed by atoms with Gasteiger partial charge in [0.2, 0.25) is 5.91 Å². The van der Waals surface area contributed by atoms with Crippen LogP contribution in [0, 0.1) is 0 Å². The SMILES string of the molecule is CCCCCCCCCCCCCCCC/C=C/C(O)C(CS(=O)(=O)O)NC(=O)C(O)CCCCCCCCCCCCCCCCCCCCCC. The zero-order valence-corrected chi connectivity index (χ0v) is 35.8. The first kappa shape index (κ1) is 52.0. The number of aliphatic hydroxyl groups excluding tert-OH is 2. The molecule has 1 amide bonds. The van der Waals surface area contributed by atoms with Crippen LogP contribution in [0.2, 0.25) is 0 Å². The fourth-order valence-electron chi connectivity index (χ4n) is 7.28. The zero-order chi connectivity index (χ0) is 39.1. The van der Waals surface area contributed by atoms with Crippen molar-refractivity contribution in [2.75, 3.05) is 5.75 Å². The van der Waals surface area contributed by atoms with E-state index in [0.29, 0.717) is 6.42 Å². The van der Waals surface area contributed by atoms with Crippen LogP contribution in [0.1, 0.15) is 245 Å². The number of hydrogen-bond donors (Lipinski definition) is 4. The molecule has 0 saturated heterocycles. The molecule has 3 unspecified atom stereocenters. The van der Waals surface area contributed by atoms with Crippen LogP contribution in [0.25, 0.3) is 0 Å². The molecule has 0 radical (unpaired) electrons. The molecule has 0 aliphatic carbocycles. The Balaban J connectivity index is 3.92. The largest absolute Gasteiger partial charge is 0.387 e. The van der Waals surface area contributed by atoms with Crippen molar-refractivity contribution in [1.82, 2.24) is 5.32 Å². The predicted molar refractivity (Wildman–Crippen MR) is 227 cm³/mol. The van der Waals surface area contributed by atoms with Crippen molar-refractivity contribution in [3.05, 3.63) is 12.2 Å². The minimum Gasteiger partial charge on any atom is -0.387 e. The Hall–Kier alpha value is -0.960. The van der Waals surface area contributed by atoms with Gasteiger partial charge in [-0.3, -0.25) is 9.35 Å². The fourth-order valence-corrected chi connectivity index (χ4v) is 8.02. The number of rotatable bonds is 42. The summed E-state index contributed by atoms with van der Waals surface area (Å²) < 4.78 is 32.6. The van der Waals surface area contributed by atoms with Gasteiger partial charge in [-0.25, -0.2) is 0 Å². The fraction of sp³-hybridized carbons (Fsp3) is 0.933. The number of allylic oxidation sites excluding steroid dienone is 1. The van der Waals surface area contributed by atoms with Gasteiger partial charge in [-0.2, -0.15) is 8.42 Å². The average molecular weight is 772 g/mol. The van der Waals surface area contributed by atoms with Crippen LogP contribution >= 0.6 is 0 Å². The Morgan fingerprint density at radius 3 is 1.13 bits per heavy atom. The van der Waals surface area contributed by atoms with E-state index in [1.165, 1.54) is 186 Å². The molecule has 53 heavy (non-hydrogen) atoms. The van der Waals surface area contributed by atoms with Gasteiger partial charge >= 0.3 is 0 Å². The summed E-state index contributed by atoms with van der Waals surface area (Å²) in [5.74, 6) is -1.52.